The third-order valence-corrected chi connectivity index (χ3v) is 3.61. The van der Waals surface area contributed by atoms with Gasteiger partial charge in [0.1, 0.15) is 5.60 Å². The first-order valence-electron chi connectivity index (χ1n) is 7.94. The lowest BCUT2D eigenvalue weighted by Gasteiger charge is -2.19. The summed E-state index contributed by atoms with van der Waals surface area (Å²) in [6, 6.07) is 10.0. The van der Waals surface area contributed by atoms with Crippen molar-refractivity contribution in [2.75, 3.05) is 0 Å². The van der Waals surface area contributed by atoms with E-state index in [2.05, 4.69) is 5.32 Å². The summed E-state index contributed by atoms with van der Waals surface area (Å²) in [5.74, 6) is 0. The molecule has 0 aliphatic heterocycles. The molecule has 24 heavy (non-hydrogen) atoms. The number of rotatable bonds is 5. The van der Waals surface area contributed by atoms with Crippen LogP contribution in [-0.4, -0.2) is 22.5 Å². The van der Waals surface area contributed by atoms with Gasteiger partial charge < -0.3 is 14.6 Å². The molecule has 0 fully saturated rings. The van der Waals surface area contributed by atoms with Crippen molar-refractivity contribution in [2.24, 2.45) is 0 Å². The maximum absolute atomic E-state index is 11.8. The molecule has 128 valence electrons. The van der Waals surface area contributed by atoms with Gasteiger partial charge in [-0.3, -0.25) is 4.79 Å². The molecule has 1 amide bonds. The number of amides is 1. The van der Waals surface area contributed by atoms with E-state index in [-0.39, 0.29) is 6.54 Å². The van der Waals surface area contributed by atoms with E-state index in [9.17, 15) is 9.59 Å². The predicted molar refractivity (Wildman–Crippen MR) is 93.2 cm³/mol. The Morgan fingerprint density at radius 3 is 2.50 bits per heavy atom. The molecule has 1 heterocycles. The van der Waals surface area contributed by atoms with E-state index in [1.54, 1.807) is 0 Å². The smallest absolute Gasteiger partial charge is 0.407 e. The molecule has 0 aliphatic carbocycles. The number of nitrogens with one attached hydrogen (secondary N) is 1. The van der Waals surface area contributed by atoms with Crippen molar-refractivity contribution >= 4 is 12.4 Å². The molecule has 5 heteroatoms. The molecule has 0 radical (unpaired) electrons. The zero-order valence-electron chi connectivity index (χ0n) is 14.6. The number of ether oxygens (including phenoxy) is 1. The molecule has 5 nitrogen and oxygen atoms in total. The maximum atomic E-state index is 11.8. The van der Waals surface area contributed by atoms with Crippen LogP contribution in [0.1, 0.15) is 48.0 Å². The molecule has 1 N–H and O–H groups in total. The van der Waals surface area contributed by atoms with E-state index < -0.39 is 11.7 Å². The van der Waals surface area contributed by atoms with Gasteiger partial charge in [-0.2, -0.15) is 0 Å². The van der Waals surface area contributed by atoms with Gasteiger partial charge in [0.15, 0.2) is 6.29 Å². The monoisotopic (exact) mass is 328 g/mol. The van der Waals surface area contributed by atoms with Gasteiger partial charge >= 0.3 is 6.09 Å². The zero-order valence-corrected chi connectivity index (χ0v) is 14.6. The standard InChI is InChI=1S/C19H24N2O3/c1-14-17(13-22)16(10-20-18(23)24-19(2,3)4)12-21(14)11-15-8-6-5-7-9-15/h5-9,12-13H,10-11H2,1-4H3,(H,20,23). The fourth-order valence-corrected chi connectivity index (χ4v) is 2.47. The second-order valence-electron chi connectivity index (χ2n) is 6.74. The highest BCUT2D eigenvalue weighted by Crippen LogP contribution is 2.17. The van der Waals surface area contributed by atoms with Crippen LogP contribution in [0, 0.1) is 6.92 Å². The van der Waals surface area contributed by atoms with Gasteiger partial charge in [-0.15, -0.1) is 0 Å². The summed E-state index contributed by atoms with van der Waals surface area (Å²) in [5.41, 5.74) is 2.88. The van der Waals surface area contributed by atoms with Crippen LogP contribution in [0.4, 0.5) is 4.79 Å². The van der Waals surface area contributed by atoms with Gasteiger partial charge in [-0.05, 0) is 38.8 Å². The Bertz CT molecular complexity index is 712. The predicted octanol–water partition coefficient (Wildman–Crippen LogP) is 3.68. The Kier molecular flexibility index (Phi) is 5.44. The average molecular weight is 328 g/mol. The Morgan fingerprint density at radius 1 is 1.25 bits per heavy atom. The Labute approximate surface area is 142 Å². The molecule has 0 atom stereocenters. The molecular weight excluding hydrogens is 304 g/mol. The van der Waals surface area contributed by atoms with Crippen LogP contribution in [0.3, 0.4) is 0 Å². The molecule has 0 bridgehead atoms. The number of carbonyl (C=O) groups is 2. The molecule has 2 rings (SSSR count). The van der Waals surface area contributed by atoms with Crippen LogP contribution in [-0.2, 0) is 17.8 Å². The molecule has 0 aliphatic rings. The lowest BCUT2D eigenvalue weighted by atomic mass is 10.1. The molecule has 1 aromatic carbocycles. The average Bonchev–Trinajstić information content (AvgIpc) is 2.80. The minimum atomic E-state index is -0.549. The van der Waals surface area contributed by atoms with Crippen LogP contribution in [0.2, 0.25) is 0 Å². The van der Waals surface area contributed by atoms with Crippen molar-refractivity contribution < 1.29 is 14.3 Å². The Hall–Kier alpha value is -2.56. The van der Waals surface area contributed by atoms with Crippen molar-refractivity contribution in [3.05, 3.63) is 58.9 Å². The maximum Gasteiger partial charge on any atom is 0.407 e. The summed E-state index contributed by atoms with van der Waals surface area (Å²) in [7, 11) is 0. The molecule has 0 saturated heterocycles. The lowest BCUT2D eigenvalue weighted by molar-refractivity contribution is 0.0523. The number of aldehydes is 1. The highest BCUT2D eigenvalue weighted by Gasteiger charge is 2.17. The summed E-state index contributed by atoms with van der Waals surface area (Å²) in [6.07, 6.45) is 2.25. The van der Waals surface area contributed by atoms with Gasteiger partial charge in [-0.25, -0.2) is 4.79 Å². The summed E-state index contributed by atoms with van der Waals surface area (Å²) < 4.78 is 7.24. The van der Waals surface area contributed by atoms with Gasteiger partial charge in [0.2, 0.25) is 0 Å². The fourth-order valence-electron chi connectivity index (χ4n) is 2.47. The van der Waals surface area contributed by atoms with Crippen molar-refractivity contribution in [2.45, 2.75) is 46.4 Å². The minimum Gasteiger partial charge on any atom is -0.444 e. The SMILES string of the molecule is Cc1c(C=O)c(CNC(=O)OC(C)(C)C)cn1Cc1ccccc1. The highest BCUT2D eigenvalue weighted by molar-refractivity contribution is 5.79. The number of carbonyl (C=O) groups excluding carboxylic acids is 2. The number of hydrogen-bond acceptors (Lipinski definition) is 3. The van der Waals surface area contributed by atoms with E-state index in [1.165, 1.54) is 0 Å². The van der Waals surface area contributed by atoms with Gasteiger partial charge in [0.05, 0.1) is 0 Å². The fraction of sp³-hybridized carbons (Fsp3) is 0.368. The second-order valence-corrected chi connectivity index (χ2v) is 6.74. The van der Waals surface area contributed by atoms with E-state index in [4.69, 9.17) is 4.74 Å². The first kappa shape index (κ1) is 17.8. The van der Waals surface area contributed by atoms with Crippen LogP contribution in [0.25, 0.3) is 0 Å². The van der Waals surface area contributed by atoms with E-state index in [1.807, 2.05) is 68.8 Å². The Morgan fingerprint density at radius 2 is 1.92 bits per heavy atom. The third-order valence-electron chi connectivity index (χ3n) is 3.61. The van der Waals surface area contributed by atoms with E-state index >= 15 is 0 Å². The zero-order chi connectivity index (χ0) is 17.7. The summed E-state index contributed by atoms with van der Waals surface area (Å²) in [5, 5.41) is 2.70. The van der Waals surface area contributed by atoms with Crippen LogP contribution >= 0.6 is 0 Å². The number of benzene rings is 1. The lowest BCUT2D eigenvalue weighted by Crippen LogP contribution is -2.32. The van der Waals surface area contributed by atoms with Crippen LogP contribution in [0.5, 0.6) is 0 Å². The quantitative estimate of drug-likeness (QED) is 0.852. The molecule has 1 aromatic heterocycles. The second kappa shape index (κ2) is 7.34. The molecular formula is C19H24N2O3. The first-order valence-corrected chi connectivity index (χ1v) is 7.94. The summed E-state index contributed by atoms with van der Waals surface area (Å²) in [6.45, 7) is 8.27. The van der Waals surface area contributed by atoms with Crippen LogP contribution < -0.4 is 5.32 Å². The number of alkyl carbamates (subject to hydrolysis) is 1. The van der Waals surface area contributed by atoms with Crippen molar-refractivity contribution in [1.82, 2.24) is 9.88 Å². The first-order chi connectivity index (χ1) is 11.3. The molecule has 0 unspecified atom stereocenters. The Balaban J connectivity index is 2.11. The highest BCUT2D eigenvalue weighted by atomic mass is 16.6. The van der Waals surface area contributed by atoms with E-state index in [0.717, 1.165) is 23.1 Å². The third kappa shape index (κ3) is 4.72. The van der Waals surface area contributed by atoms with E-state index in [0.29, 0.717) is 12.1 Å². The van der Waals surface area contributed by atoms with Crippen molar-refractivity contribution in [3.8, 4) is 0 Å². The summed E-state index contributed by atoms with van der Waals surface area (Å²) in [4.78, 5) is 23.2. The van der Waals surface area contributed by atoms with Gasteiger partial charge in [-0.1, -0.05) is 30.3 Å². The largest absolute Gasteiger partial charge is 0.444 e. The van der Waals surface area contributed by atoms with Gasteiger partial charge in [0.25, 0.3) is 0 Å². The number of aromatic nitrogens is 1. The summed E-state index contributed by atoms with van der Waals surface area (Å²) >= 11 is 0. The number of nitrogens with zero attached hydrogens (tertiary/aromatic N) is 1. The molecule has 2 aromatic rings. The van der Waals surface area contributed by atoms with Gasteiger partial charge in [0, 0.05) is 30.5 Å². The topological polar surface area (TPSA) is 60.3 Å². The number of hydrogen-bond donors (Lipinski definition) is 1. The molecule has 0 saturated carbocycles. The van der Waals surface area contributed by atoms with Crippen molar-refractivity contribution in [1.29, 1.82) is 0 Å². The normalized spacial score (nSPS) is 11.2. The van der Waals surface area contributed by atoms with Crippen molar-refractivity contribution in [3.63, 3.8) is 0 Å². The van der Waals surface area contributed by atoms with Crippen LogP contribution in [0.15, 0.2) is 36.5 Å². The minimum absolute atomic E-state index is 0.256. The molecule has 0 spiro atoms.